The van der Waals surface area contributed by atoms with Crippen molar-refractivity contribution in [1.29, 1.82) is 0 Å². The van der Waals surface area contributed by atoms with Crippen molar-refractivity contribution in [1.82, 2.24) is 4.90 Å². The average molecular weight is 424 g/mol. The molecule has 0 spiro atoms. The second-order valence-electron chi connectivity index (χ2n) is 7.99. The predicted octanol–water partition coefficient (Wildman–Crippen LogP) is 2.51. The molecular formula is C24H28N2O5. The molecule has 2 aliphatic heterocycles. The third kappa shape index (κ3) is 5.12. The summed E-state index contributed by atoms with van der Waals surface area (Å²) in [5.74, 6) is -0.149. The van der Waals surface area contributed by atoms with Crippen LogP contribution in [0.15, 0.2) is 54.6 Å². The molecule has 2 amide bonds. The van der Waals surface area contributed by atoms with Gasteiger partial charge in [0.15, 0.2) is 0 Å². The topological polar surface area (TPSA) is 88.1 Å². The smallest absolute Gasteiger partial charge is 0.249 e. The second kappa shape index (κ2) is 10.0. The Bertz CT molecular complexity index is 881. The Hall–Kier alpha value is -2.74. The molecule has 7 heteroatoms. The molecule has 2 heterocycles. The maximum absolute atomic E-state index is 12.5. The maximum Gasteiger partial charge on any atom is 0.249 e. The van der Waals surface area contributed by atoms with E-state index in [4.69, 9.17) is 9.47 Å². The highest BCUT2D eigenvalue weighted by atomic mass is 16.5. The fourth-order valence-electron chi connectivity index (χ4n) is 4.16. The molecule has 31 heavy (non-hydrogen) atoms. The molecular weight excluding hydrogens is 396 g/mol. The quantitative estimate of drug-likeness (QED) is 0.744. The van der Waals surface area contributed by atoms with E-state index in [0.717, 1.165) is 24.0 Å². The molecule has 2 saturated heterocycles. The summed E-state index contributed by atoms with van der Waals surface area (Å²) in [6, 6.07) is 16.7. The van der Waals surface area contributed by atoms with Crippen LogP contribution in [-0.4, -0.2) is 54.3 Å². The zero-order valence-electron chi connectivity index (χ0n) is 17.4. The number of rotatable bonds is 6. The number of aliphatic hydroxyl groups is 1. The molecule has 0 bridgehead atoms. The molecule has 0 saturated carbocycles. The van der Waals surface area contributed by atoms with Gasteiger partial charge in [0.25, 0.3) is 0 Å². The van der Waals surface area contributed by atoms with Gasteiger partial charge in [-0.2, -0.15) is 0 Å². The van der Waals surface area contributed by atoms with Gasteiger partial charge in [-0.25, -0.2) is 0 Å². The molecule has 2 aromatic carbocycles. The number of ether oxygens (including phenoxy) is 2. The second-order valence-corrected chi connectivity index (χ2v) is 7.99. The average Bonchev–Trinajstić information content (AvgIpc) is 2.82. The summed E-state index contributed by atoms with van der Waals surface area (Å²) in [5.41, 5.74) is 2.57. The molecule has 2 aromatic rings. The minimum absolute atomic E-state index is 0.0119. The van der Waals surface area contributed by atoms with Crippen LogP contribution in [0, 0.1) is 5.92 Å². The Morgan fingerprint density at radius 3 is 2.45 bits per heavy atom. The van der Waals surface area contributed by atoms with E-state index in [1.165, 1.54) is 0 Å². The first-order valence-electron chi connectivity index (χ1n) is 10.7. The number of hydrogen-bond acceptors (Lipinski definition) is 5. The lowest BCUT2D eigenvalue weighted by atomic mass is 9.97. The van der Waals surface area contributed by atoms with Crippen LogP contribution >= 0.6 is 0 Å². The SMILES string of the molecule is O=C(Nc1ccc(C2OCC(=O)N(Cc3ccccc3)C2CO)cc1)C1CCOCC1. The normalized spacial score (nSPS) is 22.4. The van der Waals surface area contributed by atoms with Gasteiger partial charge in [0.1, 0.15) is 12.7 Å². The van der Waals surface area contributed by atoms with Crippen molar-refractivity contribution in [3.8, 4) is 0 Å². The first-order valence-corrected chi connectivity index (χ1v) is 10.7. The maximum atomic E-state index is 12.5. The number of hydrogen-bond donors (Lipinski definition) is 2. The monoisotopic (exact) mass is 424 g/mol. The van der Waals surface area contributed by atoms with E-state index in [1.807, 2.05) is 54.6 Å². The molecule has 2 atom stereocenters. The van der Waals surface area contributed by atoms with Crippen molar-refractivity contribution < 1.29 is 24.2 Å². The number of anilines is 1. The lowest BCUT2D eigenvalue weighted by molar-refractivity contribution is -0.162. The van der Waals surface area contributed by atoms with Gasteiger partial charge in [-0.05, 0) is 36.1 Å². The molecule has 7 nitrogen and oxygen atoms in total. The molecule has 2 fully saturated rings. The number of morpholine rings is 1. The summed E-state index contributed by atoms with van der Waals surface area (Å²) in [5, 5.41) is 13.0. The lowest BCUT2D eigenvalue weighted by Crippen LogP contribution is -2.52. The zero-order chi connectivity index (χ0) is 21.6. The number of benzene rings is 2. The van der Waals surface area contributed by atoms with Crippen molar-refractivity contribution in [2.24, 2.45) is 5.92 Å². The minimum Gasteiger partial charge on any atom is -0.394 e. The first kappa shape index (κ1) is 21.5. The van der Waals surface area contributed by atoms with Crippen molar-refractivity contribution in [2.75, 3.05) is 31.7 Å². The molecule has 2 unspecified atom stereocenters. The van der Waals surface area contributed by atoms with Gasteiger partial charge in [0.2, 0.25) is 11.8 Å². The van der Waals surface area contributed by atoms with Crippen LogP contribution < -0.4 is 5.32 Å². The van der Waals surface area contributed by atoms with Gasteiger partial charge in [-0.1, -0.05) is 42.5 Å². The van der Waals surface area contributed by atoms with Crippen LogP contribution in [0.4, 0.5) is 5.69 Å². The van der Waals surface area contributed by atoms with Crippen molar-refractivity contribution in [3.05, 3.63) is 65.7 Å². The predicted molar refractivity (Wildman–Crippen MR) is 115 cm³/mol. The number of amides is 2. The minimum atomic E-state index is -0.482. The van der Waals surface area contributed by atoms with E-state index >= 15 is 0 Å². The molecule has 2 N–H and O–H groups in total. The van der Waals surface area contributed by atoms with E-state index in [1.54, 1.807) is 4.90 Å². The molecule has 4 rings (SSSR count). The highest BCUT2D eigenvalue weighted by Crippen LogP contribution is 2.31. The summed E-state index contributed by atoms with van der Waals surface area (Å²) in [6.07, 6.45) is 1.04. The van der Waals surface area contributed by atoms with E-state index in [2.05, 4.69) is 5.32 Å². The van der Waals surface area contributed by atoms with Crippen LogP contribution in [0.2, 0.25) is 0 Å². The first-order chi connectivity index (χ1) is 15.2. The van der Waals surface area contributed by atoms with Crippen molar-refractivity contribution in [3.63, 3.8) is 0 Å². The summed E-state index contributed by atoms with van der Waals surface area (Å²) in [4.78, 5) is 26.6. The van der Waals surface area contributed by atoms with Crippen molar-refractivity contribution in [2.45, 2.75) is 31.5 Å². The van der Waals surface area contributed by atoms with Gasteiger partial charge in [-0.3, -0.25) is 9.59 Å². The van der Waals surface area contributed by atoms with Crippen LogP contribution in [0.3, 0.4) is 0 Å². The zero-order valence-corrected chi connectivity index (χ0v) is 17.4. The Kier molecular flexibility index (Phi) is 6.96. The highest BCUT2D eigenvalue weighted by molar-refractivity contribution is 5.92. The fraction of sp³-hybridized carbons (Fsp3) is 0.417. The lowest BCUT2D eigenvalue weighted by Gasteiger charge is -2.40. The summed E-state index contributed by atoms with van der Waals surface area (Å²) in [7, 11) is 0. The van der Waals surface area contributed by atoms with Crippen LogP contribution in [0.5, 0.6) is 0 Å². The summed E-state index contributed by atoms with van der Waals surface area (Å²) < 4.78 is 11.1. The van der Waals surface area contributed by atoms with E-state index in [0.29, 0.717) is 25.4 Å². The fourth-order valence-corrected chi connectivity index (χ4v) is 4.16. The van der Waals surface area contributed by atoms with Gasteiger partial charge in [-0.15, -0.1) is 0 Å². The van der Waals surface area contributed by atoms with Crippen LogP contribution in [0.25, 0.3) is 0 Å². The van der Waals surface area contributed by atoms with Crippen molar-refractivity contribution >= 4 is 17.5 Å². The van der Waals surface area contributed by atoms with Crippen LogP contribution in [-0.2, 0) is 25.6 Å². The third-order valence-electron chi connectivity index (χ3n) is 5.94. The van der Waals surface area contributed by atoms with Gasteiger partial charge in [0, 0.05) is 31.4 Å². The number of aliphatic hydroxyl groups excluding tert-OH is 1. The summed E-state index contributed by atoms with van der Waals surface area (Å²) >= 11 is 0. The van der Waals surface area contributed by atoms with Crippen LogP contribution in [0.1, 0.15) is 30.1 Å². The van der Waals surface area contributed by atoms with E-state index in [9.17, 15) is 14.7 Å². The standard InChI is InChI=1S/C24H28N2O5/c27-15-21-23(31-16-22(28)26(21)14-17-4-2-1-3-5-17)18-6-8-20(9-7-18)25-24(29)19-10-12-30-13-11-19/h1-9,19,21,23,27H,10-16H2,(H,25,29). The number of carbonyl (C=O) groups is 2. The molecule has 0 aliphatic carbocycles. The molecule has 0 radical (unpaired) electrons. The van der Waals surface area contributed by atoms with Gasteiger partial charge < -0.3 is 24.8 Å². The highest BCUT2D eigenvalue weighted by Gasteiger charge is 2.37. The Morgan fingerprint density at radius 2 is 1.77 bits per heavy atom. The van der Waals surface area contributed by atoms with E-state index in [-0.39, 0.29) is 30.9 Å². The molecule has 164 valence electrons. The summed E-state index contributed by atoms with van der Waals surface area (Å²) in [6.45, 7) is 1.43. The largest absolute Gasteiger partial charge is 0.394 e. The number of carbonyl (C=O) groups excluding carboxylic acids is 2. The Labute approximate surface area is 182 Å². The Balaban J connectivity index is 1.45. The number of nitrogens with zero attached hydrogens (tertiary/aromatic N) is 1. The molecule has 0 aromatic heterocycles. The third-order valence-corrected chi connectivity index (χ3v) is 5.94. The van der Waals surface area contributed by atoms with Gasteiger partial charge in [0.05, 0.1) is 12.6 Å². The van der Waals surface area contributed by atoms with Gasteiger partial charge >= 0.3 is 0 Å². The van der Waals surface area contributed by atoms with E-state index < -0.39 is 12.1 Å². The number of nitrogens with one attached hydrogen (secondary N) is 1. The Morgan fingerprint density at radius 1 is 1.06 bits per heavy atom. The molecule has 2 aliphatic rings.